The molecule has 2 aromatic rings. The van der Waals surface area contributed by atoms with Crippen molar-refractivity contribution in [2.24, 2.45) is 17.6 Å². The van der Waals surface area contributed by atoms with E-state index < -0.39 is 16.3 Å². The Hall–Kier alpha value is -2.78. The topological polar surface area (TPSA) is 124 Å². The van der Waals surface area contributed by atoms with Crippen LogP contribution in [0, 0.1) is 28.9 Å². The van der Waals surface area contributed by atoms with Gasteiger partial charge in [0.05, 0.1) is 4.92 Å². The van der Waals surface area contributed by atoms with Gasteiger partial charge in [-0.1, -0.05) is 12.1 Å². The lowest BCUT2D eigenvalue weighted by Gasteiger charge is -2.19. The van der Waals surface area contributed by atoms with E-state index in [1.807, 2.05) is 0 Å². The number of carbonyl (C=O) groups is 1. The third kappa shape index (κ3) is 3.63. The molecule has 0 radical (unpaired) electrons. The third-order valence-corrected chi connectivity index (χ3v) is 5.82. The predicted molar refractivity (Wildman–Crippen MR) is 109 cm³/mol. The third-order valence-electron chi connectivity index (χ3n) is 5.82. The maximum absolute atomic E-state index is 13.0. The van der Waals surface area contributed by atoms with E-state index in [4.69, 9.17) is 5.73 Å². The number of para-hydroxylation sites is 2. The molecule has 1 saturated carbocycles. The summed E-state index contributed by atoms with van der Waals surface area (Å²) in [7, 11) is 0. The zero-order chi connectivity index (χ0) is 20.0. The Morgan fingerprint density at radius 3 is 2.69 bits per heavy atom. The number of likely N-dealkylation sites (tertiary alicyclic amines) is 1. The number of aromatic nitrogens is 2. The summed E-state index contributed by atoms with van der Waals surface area (Å²) < 4.78 is 1.29. The van der Waals surface area contributed by atoms with Crippen molar-refractivity contribution in [2.45, 2.75) is 25.8 Å². The number of hydrogen-bond donors (Lipinski definition) is 1. The van der Waals surface area contributed by atoms with Crippen molar-refractivity contribution < 1.29 is 9.72 Å². The van der Waals surface area contributed by atoms with E-state index in [1.165, 1.54) is 22.9 Å². The van der Waals surface area contributed by atoms with Gasteiger partial charge in [-0.15, -0.1) is 12.4 Å². The number of rotatable bonds is 3. The maximum Gasteiger partial charge on any atom is 0.294 e. The van der Waals surface area contributed by atoms with E-state index in [0.717, 1.165) is 12.8 Å². The Balaban J connectivity index is 0.00000240. The van der Waals surface area contributed by atoms with Crippen molar-refractivity contribution in [2.75, 3.05) is 13.1 Å². The molecule has 1 saturated heterocycles. The minimum atomic E-state index is -0.515. The van der Waals surface area contributed by atoms with Crippen molar-refractivity contribution >= 4 is 24.0 Å². The molecule has 1 amide bonds. The molecule has 1 aliphatic heterocycles. The molecule has 29 heavy (non-hydrogen) atoms. The molecule has 1 aromatic carbocycles. The number of nitrogens with two attached hydrogens (primary N) is 1. The van der Waals surface area contributed by atoms with E-state index in [-0.39, 0.29) is 41.4 Å². The summed E-state index contributed by atoms with van der Waals surface area (Å²) in [5.41, 5.74) is 5.89. The lowest BCUT2D eigenvalue weighted by atomic mass is 9.98. The molecule has 2 aliphatic rings. The highest BCUT2D eigenvalue weighted by Gasteiger charge is 2.43. The van der Waals surface area contributed by atoms with Crippen LogP contribution in [0.5, 0.6) is 0 Å². The van der Waals surface area contributed by atoms with Crippen LogP contribution in [-0.4, -0.2) is 44.6 Å². The van der Waals surface area contributed by atoms with Crippen molar-refractivity contribution in [1.82, 2.24) is 14.7 Å². The van der Waals surface area contributed by atoms with Gasteiger partial charge in [-0.3, -0.25) is 19.7 Å². The number of carbonyl (C=O) groups excluding carboxylic acids is 1. The van der Waals surface area contributed by atoms with Gasteiger partial charge in [-0.25, -0.2) is 4.68 Å². The molecular weight excluding hydrogens is 398 g/mol. The molecule has 9 nitrogen and oxygen atoms in total. The number of aryl methyl sites for hydroxylation is 1. The molecule has 2 fully saturated rings. The van der Waals surface area contributed by atoms with Gasteiger partial charge in [0.1, 0.15) is 5.69 Å². The summed E-state index contributed by atoms with van der Waals surface area (Å²) in [4.78, 5) is 37.9. The lowest BCUT2D eigenvalue weighted by Crippen LogP contribution is -2.37. The summed E-state index contributed by atoms with van der Waals surface area (Å²) in [6, 6.07) is 7.47. The van der Waals surface area contributed by atoms with Crippen LogP contribution >= 0.6 is 12.4 Å². The van der Waals surface area contributed by atoms with Crippen LogP contribution in [0.15, 0.2) is 35.1 Å². The Labute approximate surface area is 173 Å². The molecule has 154 valence electrons. The molecule has 4 rings (SSSR count). The van der Waals surface area contributed by atoms with E-state index in [9.17, 15) is 19.7 Å². The standard InChI is InChI=1S/C19H21N5O4.ClH/c1-11-8-17(25)18(19(26)22-9-12-6-7-14(20)13(12)10-22)21-23(11)15-4-2-3-5-16(15)24(27)28;/h2-5,8,12-14H,6-7,9-10,20H2,1H3;1H. The quantitative estimate of drug-likeness (QED) is 0.596. The van der Waals surface area contributed by atoms with Crippen molar-refractivity contribution in [3.63, 3.8) is 0 Å². The number of halogens is 1. The van der Waals surface area contributed by atoms with Crippen LogP contribution < -0.4 is 11.2 Å². The van der Waals surface area contributed by atoms with Gasteiger partial charge in [0.2, 0.25) is 5.43 Å². The molecule has 0 bridgehead atoms. The molecule has 1 aliphatic carbocycles. The largest absolute Gasteiger partial charge is 0.336 e. The number of fused-ring (bicyclic) bond motifs is 1. The lowest BCUT2D eigenvalue weighted by molar-refractivity contribution is -0.384. The van der Waals surface area contributed by atoms with Crippen LogP contribution in [0.1, 0.15) is 29.0 Å². The molecule has 3 atom stereocenters. The summed E-state index contributed by atoms with van der Waals surface area (Å²) in [6.45, 7) is 2.71. The summed E-state index contributed by atoms with van der Waals surface area (Å²) >= 11 is 0. The highest BCUT2D eigenvalue weighted by atomic mass is 35.5. The average molecular weight is 420 g/mol. The van der Waals surface area contributed by atoms with Crippen molar-refractivity contribution in [3.8, 4) is 5.69 Å². The zero-order valence-electron chi connectivity index (χ0n) is 15.9. The van der Waals surface area contributed by atoms with Crippen LogP contribution in [0.3, 0.4) is 0 Å². The molecule has 0 spiro atoms. The minimum Gasteiger partial charge on any atom is -0.336 e. The van der Waals surface area contributed by atoms with Gasteiger partial charge < -0.3 is 10.6 Å². The van der Waals surface area contributed by atoms with Gasteiger partial charge in [0.15, 0.2) is 5.69 Å². The highest BCUT2D eigenvalue weighted by Crippen LogP contribution is 2.37. The van der Waals surface area contributed by atoms with Crippen LogP contribution in [0.2, 0.25) is 0 Å². The molecule has 2 N–H and O–H groups in total. The van der Waals surface area contributed by atoms with Crippen molar-refractivity contribution in [3.05, 3.63) is 62.1 Å². The van der Waals surface area contributed by atoms with Gasteiger partial charge in [0.25, 0.3) is 11.6 Å². The predicted octanol–water partition coefficient (Wildman–Crippen LogP) is 1.68. The molecular formula is C19H22ClN5O4. The number of nitro benzene ring substituents is 1. The fourth-order valence-corrected chi connectivity index (χ4v) is 4.36. The number of amides is 1. The Kier molecular flexibility index (Phi) is 5.72. The monoisotopic (exact) mass is 419 g/mol. The van der Waals surface area contributed by atoms with Gasteiger partial charge in [-0.2, -0.15) is 5.10 Å². The van der Waals surface area contributed by atoms with Crippen LogP contribution in [0.4, 0.5) is 5.69 Å². The van der Waals surface area contributed by atoms with E-state index >= 15 is 0 Å². The van der Waals surface area contributed by atoms with E-state index in [1.54, 1.807) is 24.0 Å². The molecule has 1 aromatic heterocycles. The smallest absolute Gasteiger partial charge is 0.294 e. The second-order valence-electron chi connectivity index (χ2n) is 7.53. The fraction of sp³-hybridized carbons (Fsp3) is 0.421. The zero-order valence-corrected chi connectivity index (χ0v) is 16.7. The first kappa shape index (κ1) is 20.9. The maximum atomic E-state index is 13.0. The first-order valence-electron chi connectivity index (χ1n) is 9.26. The van der Waals surface area contributed by atoms with Gasteiger partial charge in [-0.05, 0) is 37.7 Å². The second kappa shape index (κ2) is 7.92. The van der Waals surface area contributed by atoms with E-state index in [0.29, 0.717) is 24.7 Å². The first-order valence-corrected chi connectivity index (χ1v) is 9.26. The summed E-state index contributed by atoms with van der Waals surface area (Å²) in [5, 5.41) is 15.6. The highest BCUT2D eigenvalue weighted by molar-refractivity contribution is 5.92. The second-order valence-corrected chi connectivity index (χ2v) is 7.53. The SMILES string of the molecule is Cc1cc(=O)c(C(=O)N2CC3CCC(N)C3C2)nn1-c1ccccc1[N+](=O)[O-].Cl. The van der Waals surface area contributed by atoms with E-state index in [2.05, 4.69) is 5.10 Å². The normalized spacial score (nSPS) is 22.8. The van der Waals surface area contributed by atoms with Crippen LogP contribution in [-0.2, 0) is 0 Å². The first-order chi connectivity index (χ1) is 13.4. The summed E-state index contributed by atoms with van der Waals surface area (Å²) in [6.07, 6.45) is 1.95. The minimum absolute atomic E-state index is 0. The fourth-order valence-electron chi connectivity index (χ4n) is 4.36. The Morgan fingerprint density at radius 1 is 1.28 bits per heavy atom. The van der Waals surface area contributed by atoms with Crippen LogP contribution in [0.25, 0.3) is 5.69 Å². The van der Waals surface area contributed by atoms with Gasteiger partial charge >= 0.3 is 0 Å². The number of benzene rings is 1. The number of hydrogen-bond acceptors (Lipinski definition) is 6. The molecule has 3 unspecified atom stereocenters. The summed E-state index contributed by atoms with van der Waals surface area (Å²) in [5.74, 6) is 0.174. The molecule has 2 heterocycles. The number of nitro groups is 1. The Bertz CT molecular complexity index is 1020. The van der Waals surface area contributed by atoms with Gasteiger partial charge in [0, 0.05) is 37.0 Å². The van der Waals surface area contributed by atoms with Crippen molar-refractivity contribution in [1.29, 1.82) is 0 Å². The average Bonchev–Trinajstić information content (AvgIpc) is 3.23. The number of nitrogens with zero attached hydrogens (tertiary/aromatic N) is 4. The Morgan fingerprint density at radius 2 is 2.00 bits per heavy atom. The molecule has 10 heteroatoms.